The minimum absolute atomic E-state index is 0.687. The topological polar surface area (TPSA) is 28.0 Å². The summed E-state index contributed by atoms with van der Waals surface area (Å²) in [5, 5.41) is 3.16. The van der Waals surface area contributed by atoms with Crippen LogP contribution in [0.15, 0.2) is 44.3 Å². The van der Waals surface area contributed by atoms with Crippen molar-refractivity contribution in [3.8, 4) is 0 Å². The van der Waals surface area contributed by atoms with E-state index in [1.807, 2.05) is 6.21 Å². The van der Waals surface area contributed by atoms with E-state index in [9.17, 15) is 0 Å². The molecule has 0 saturated carbocycles. The lowest BCUT2D eigenvalue weighted by molar-refractivity contribution is 0.867. The molecule has 0 N–H and O–H groups in total. The first-order chi connectivity index (χ1) is 9.36. The zero-order valence-corrected chi connectivity index (χ0v) is 13.2. The summed E-state index contributed by atoms with van der Waals surface area (Å²) in [6, 6.07) is 0. The maximum atomic E-state index is 5.48. The molecule has 0 aromatic heterocycles. The van der Waals surface area contributed by atoms with Gasteiger partial charge in [0.05, 0.1) is 17.0 Å². The van der Waals surface area contributed by atoms with Crippen LogP contribution in [0.3, 0.4) is 0 Å². The lowest BCUT2D eigenvalue weighted by atomic mass is 10.0. The van der Waals surface area contributed by atoms with Crippen LogP contribution in [0.1, 0.15) is 6.42 Å². The largest absolute Gasteiger partial charge is 0.265 e. The first-order valence-electron chi connectivity index (χ1n) is 5.71. The molecule has 0 radical (unpaired) electrons. The summed E-state index contributed by atoms with van der Waals surface area (Å²) in [5.41, 5.74) is 2.26. The van der Waals surface area contributed by atoms with Crippen molar-refractivity contribution in [3.63, 3.8) is 0 Å². The third-order valence-electron chi connectivity index (χ3n) is 2.68. The highest BCUT2D eigenvalue weighted by molar-refractivity contribution is 8.17. The lowest BCUT2D eigenvalue weighted by Crippen LogP contribution is -2.30. The molecule has 3 aliphatic rings. The molecule has 1 aliphatic carbocycles. The smallest absolute Gasteiger partial charge is 0.158 e. The summed E-state index contributed by atoms with van der Waals surface area (Å²) in [4.78, 5) is 5.51. The Morgan fingerprint density at radius 2 is 2.32 bits per heavy atom. The molecule has 0 bridgehead atoms. The Kier molecular flexibility index (Phi) is 4.47. The van der Waals surface area contributed by atoms with Gasteiger partial charge in [-0.2, -0.15) is 0 Å². The number of rotatable bonds is 1. The van der Waals surface area contributed by atoms with Crippen LogP contribution in [0.4, 0.5) is 0 Å². The zero-order chi connectivity index (χ0) is 13.1. The third kappa shape index (κ3) is 2.99. The highest BCUT2D eigenvalue weighted by Crippen LogP contribution is 2.36. The Morgan fingerprint density at radius 3 is 3.11 bits per heavy atom. The van der Waals surface area contributed by atoms with Crippen molar-refractivity contribution in [1.82, 2.24) is 4.31 Å². The maximum absolute atomic E-state index is 5.48. The number of aliphatic imine (C=N–C) groups is 1. The van der Waals surface area contributed by atoms with Gasteiger partial charge in [-0.1, -0.05) is 30.4 Å². The summed E-state index contributed by atoms with van der Waals surface area (Å²) in [6.07, 6.45) is 8.93. The van der Waals surface area contributed by atoms with E-state index in [0.717, 1.165) is 33.5 Å². The molecular formula is C12H11N3S4. The van der Waals surface area contributed by atoms with Gasteiger partial charge < -0.3 is 0 Å². The Morgan fingerprint density at radius 1 is 1.37 bits per heavy atom. The molecule has 19 heavy (non-hydrogen) atoms. The highest BCUT2D eigenvalue weighted by atomic mass is 32.2. The standard InChI is InChI=1S/C12H11N3S4/c16-11-4-2-1-3-9(11)10-6-17-8-19-15(10)12-5-14-18-7-13-12/h1-3,5-6H,4,7-8H2. The monoisotopic (exact) mass is 325 g/mol. The van der Waals surface area contributed by atoms with E-state index in [1.54, 1.807) is 23.7 Å². The molecule has 2 heterocycles. The predicted molar refractivity (Wildman–Crippen MR) is 92.8 cm³/mol. The van der Waals surface area contributed by atoms with Gasteiger partial charge in [0.15, 0.2) is 5.84 Å². The Labute approximate surface area is 130 Å². The molecule has 7 heteroatoms. The van der Waals surface area contributed by atoms with Crippen molar-refractivity contribution in [2.45, 2.75) is 6.42 Å². The van der Waals surface area contributed by atoms with Crippen LogP contribution in [-0.4, -0.2) is 32.2 Å². The lowest BCUT2D eigenvalue weighted by Gasteiger charge is -2.30. The van der Waals surface area contributed by atoms with Gasteiger partial charge in [0.2, 0.25) is 0 Å². The van der Waals surface area contributed by atoms with Gasteiger partial charge in [0.25, 0.3) is 0 Å². The van der Waals surface area contributed by atoms with Crippen LogP contribution < -0.4 is 0 Å². The van der Waals surface area contributed by atoms with E-state index >= 15 is 0 Å². The Balaban J connectivity index is 1.93. The maximum Gasteiger partial charge on any atom is 0.158 e. The fourth-order valence-electron chi connectivity index (χ4n) is 1.82. The second-order valence-corrected chi connectivity index (χ2v) is 7.21. The van der Waals surface area contributed by atoms with Crippen molar-refractivity contribution in [1.29, 1.82) is 0 Å². The van der Waals surface area contributed by atoms with Gasteiger partial charge in [-0.15, -0.1) is 11.8 Å². The molecule has 98 valence electrons. The molecule has 0 unspecified atom stereocenters. The predicted octanol–water partition coefficient (Wildman–Crippen LogP) is 3.83. The minimum atomic E-state index is 0.687. The van der Waals surface area contributed by atoms with Crippen LogP contribution in [0.25, 0.3) is 0 Å². The van der Waals surface area contributed by atoms with E-state index in [2.05, 4.69) is 37.3 Å². The zero-order valence-electron chi connectivity index (χ0n) is 9.98. The van der Waals surface area contributed by atoms with E-state index in [4.69, 9.17) is 12.2 Å². The Bertz CT molecular complexity index is 545. The molecule has 0 aromatic carbocycles. The average molecular weight is 326 g/mol. The number of hydrogen-bond acceptors (Lipinski definition) is 7. The second kappa shape index (κ2) is 6.30. The van der Waals surface area contributed by atoms with Crippen LogP contribution in [0.5, 0.6) is 0 Å². The van der Waals surface area contributed by atoms with Gasteiger partial charge in [-0.05, 0) is 29.3 Å². The van der Waals surface area contributed by atoms with Crippen LogP contribution in [0.2, 0.25) is 0 Å². The number of amidine groups is 1. The molecule has 0 amide bonds. The SMILES string of the molecule is S=C1CC=CC=C1C1=CSCSN1C1=NCSN=C1. The quantitative estimate of drug-likeness (QED) is 0.540. The molecule has 0 aromatic rings. The first kappa shape index (κ1) is 13.5. The molecule has 0 atom stereocenters. The number of thiocarbonyl (C=S) groups is 1. The van der Waals surface area contributed by atoms with Crippen molar-refractivity contribution in [2.24, 2.45) is 9.39 Å². The molecule has 3 nitrogen and oxygen atoms in total. The number of allylic oxidation sites excluding steroid dienone is 4. The summed E-state index contributed by atoms with van der Waals surface area (Å²) in [5.74, 6) is 1.60. The average Bonchev–Trinajstić information content (AvgIpc) is 2.49. The molecular weight excluding hydrogens is 314 g/mol. The van der Waals surface area contributed by atoms with Gasteiger partial charge in [-0.25, -0.2) is 4.40 Å². The van der Waals surface area contributed by atoms with Crippen molar-refractivity contribution >= 4 is 64.8 Å². The fraction of sp³-hybridized carbons (Fsp3) is 0.250. The molecule has 0 saturated heterocycles. The fourth-order valence-corrected chi connectivity index (χ4v) is 4.43. The molecule has 3 rings (SSSR count). The normalized spacial score (nSPS) is 23.1. The van der Waals surface area contributed by atoms with E-state index < -0.39 is 0 Å². The molecule has 2 aliphatic heterocycles. The summed E-state index contributed by atoms with van der Waals surface area (Å²) >= 11 is 10.5. The van der Waals surface area contributed by atoms with Crippen molar-refractivity contribution in [2.75, 3.05) is 11.0 Å². The van der Waals surface area contributed by atoms with E-state index in [1.165, 1.54) is 11.9 Å². The highest BCUT2D eigenvalue weighted by Gasteiger charge is 2.25. The van der Waals surface area contributed by atoms with Crippen molar-refractivity contribution in [3.05, 3.63) is 34.9 Å². The van der Waals surface area contributed by atoms with Gasteiger partial charge in [0, 0.05) is 16.9 Å². The van der Waals surface area contributed by atoms with E-state index in [-0.39, 0.29) is 0 Å². The number of hydrogen-bond donors (Lipinski definition) is 0. The second-order valence-electron chi connectivity index (χ2n) is 3.86. The minimum Gasteiger partial charge on any atom is -0.265 e. The number of nitrogens with zero attached hydrogens (tertiary/aromatic N) is 3. The summed E-state index contributed by atoms with van der Waals surface area (Å²) in [7, 11) is 0. The third-order valence-corrected chi connectivity index (χ3v) is 5.56. The van der Waals surface area contributed by atoms with Crippen LogP contribution in [0, 0.1) is 0 Å². The Hall–Kier alpha value is -0.500. The van der Waals surface area contributed by atoms with Gasteiger partial charge in [0.1, 0.15) is 5.88 Å². The van der Waals surface area contributed by atoms with Crippen LogP contribution in [-0.2, 0) is 0 Å². The molecule has 0 fully saturated rings. The van der Waals surface area contributed by atoms with E-state index in [0.29, 0.717) is 5.88 Å². The summed E-state index contributed by atoms with van der Waals surface area (Å²) in [6.45, 7) is 0. The number of thioether (sulfide) groups is 1. The van der Waals surface area contributed by atoms with Crippen LogP contribution >= 0.6 is 47.9 Å². The van der Waals surface area contributed by atoms with Gasteiger partial charge in [-0.3, -0.25) is 9.30 Å². The summed E-state index contributed by atoms with van der Waals surface area (Å²) < 4.78 is 6.39. The first-order valence-corrected chi connectivity index (χ1v) is 9.05. The molecule has 0 spiro atoms. The van der Waals surface area contributed by atoms with Crippen molar-refractivity contribution < 1.29 is 0 Å². The van der Waals surface area contributed by atoms with Gasteiger partial charge >= 0.3 is 0 Å².